The zero-order valence-electron chi connectivity index (χ0n) is 17.8. The van der Waals surface area contributed by atoms with E-state index in [0.29, 0.717) is 5.75 Å². The lowest BCUT2D eigenvalue weighted by Gasteiger charge is -2.28. The summed E-state index contributed by atoms with van der Waals surface area (Å²) in [5.74, 6) is 0.561. The van der Waals surface area contributed by atoms with Gasteiger partial charge in [0.1, 0.15) is 5.75 Å². The van der Waals surface area contributed by atoms with Crippen LogP contribution in [0, 0.1) is 0 Å². The Kier molecular flexibility index (Phi) is 6.29. The summed E-state index contributed by atoms with van der Waals surface area (Å²) in [5, 5.41) is 0. The Morgan fingerprint density at radius 1 is 0.667 bits per heavy atom. The Bertz CT molecular complexity index is 776. The van der Waals surface area contributed by atoms with Gasteiger partial charge in [-0.25, -0.2) is 4.57 Å². The van der Waals surface area contributed by atoms with Crippen LogP contribution in [0.1, 0.15) is 72.1 Å². The topological polar surface area (TPSA) is 35.5 Å². The van der Waals surface area contributed by atoms with Crippen LogP contribution in [-0.4, -0.2) is 5.60 Å². The molecule has 2 rings (SSSR count). The fraction of sp³-hybridized carbons (Fsp3) is 0.478. The molecule has 0 saturated carbocycles. The second kappa shape index (κ2) is 7.81. The lowest BCUT2D eigenvalue weighted by molar-refractivity contribution is 0.126. The summed E-state index contributed by atoms with van der Waals surface area (Å²) in [5.41, 5.74) is 3.28. The maximum Gasteiger partial charge on any atom is 0.368 e. The summed E-state index contributed by atoms with van der Waals surface area (Å²) in [6, 6.07) is 16.6. The van der Waals surface area contributed by atoms with Gasteiger partial charge in [0.15, 0.2) is 0 Å². The fourth-order valence-electron chi connectivity index (χ4n) is 2.86. The van der Waals surface area contributed by atoms with Gasteiger partial charge in [-0.15, -0.1) is 0 Å². The van der Waals surface area contributed by atoms with E-state index >= 15 is 0 Å². The third-order valence-corrected chi connectivity index (χ3v) is 5.82. The minimum atomic E-state index is -2.57. The van der Waals surface area contributed by atoms with Crippen LogP contribution in [0.2, 0.25) is 0 Å². The Balaban J connectivity index is 2.16. The van der Waals surface area contributed by atoms with Gasteiger partial charge in [-0.1, -0.05) is 71.0 Å². The Morgan fingerprint density at radius 2 is 1.07 bits per heavy atom. The molecule has 0 aliphatic rings. The number of hydrogen-bond donors (Lipinski definition) is 0. The number of benzene rings is 2. The molecule has 0 spiro atoms. The first-order valence-electron chi connectivity index (χ1n) is 9.41. The molecule has 1 atom stereocenters. The van der Waals surface area contributed by atoms with Crippen LogP contribution in [0.25, 0.3) is 0 Å². The molecule has 0 aromatic heterocycles. The quantitative estimate of drug-likeness (QED) is 0.523. The standard InChI is InChI=1S/C23H33O3P/c1-21(2,3)17-9-11-18(12-10-17)23(7,8)19-13-15-20(16-14-19)25-27(24)26-22(4,5)6/h9-16,27H,1-8H3. The predicted octanol–water partition coefficient (Wildman–Crippen LogP) is 6.89. The van der Waals surface area contributed by atoms with E-state index in [4.69, 9.17) is 9.05 Å². The van der Waals surface area contributed by atoms with Crippen LogP contribution in [0.5, 0.6) is 5.75 Å². The summed E-state index contributed by atoms with van der Waals surface area (Å²) in [4.78, 5) is 0. The average Bonchev–Trinajstić information content (AvgIpc) is 2.53. The number of hydrogen-bond acceptors (Lipinski definition) is 3. The van der Waals surface area contributed by atoms with Crippen molar-refractivity contribution >= 4 is 8.25 Å². The highest BCUT2D eigenvalue weighted by atomic mass is 31.1. The van der Waals surface area contributed by atoms with E-state index in [2.05, 4.69) is 58.9 Å². The zero-order chi connectivity index (χ0) is 20.5. The highest BCUT2D eigenvalue weighted by Crippen LogP contribution is 2.36. The van der Waals surface area contributed by atoms with Gasteiger partial charge in [0, 0.05) is 5.41 Å². The molecule has 3 nitrogen and oxygen atoms in total. The first kappa shape index (κ1) is 21.7. The molecule has 0 N–H and O–H groups in total. The predicted molar refractivity (Wildman–Crippen MR) is 114 cm³/mol. The van der Waals surface area contributed by atoms with Crippen LogP contribution in [0.4, 0.5) is 0 Å². The summed E-state index contributed by atoms with van der Waals surface area (Å²) < 4.78 is 22.8. The van der Waals surface area contributed by atoms with Crippen molar-refractivity contribution in [1.29, 1.82) is 0 Å². The van der Waals surface area contributed by atoms with Gasteiger partial charge in [0.05, 0.1) is 5.60 Å². The molecule has 0 bridgehead atoms. The second-order valence-electron chi connectivity index (χ2n) is 9.54. The molecule has 27 heavy (non-hydrogen) atoms. The second-order valence-corrected chi connectivity index (χ2v) is 10.5. The van der Waals surface area contributed by atoms with E-state index in [1.165, 1.54) is 16.7 Å². The minimum absolute atomic E-state index is 0.137. The molecule has 0 radical (unpaired) electrons. The summed E-state index contributed by atoms with van der Waals surface area (Å²) in [7, 11) is -2.57. The fourth-order valence-corrected chi connectivity index (χ4v) is 3.73. The van der Waals surface area contributed by atoms with Crippen LogP contribution >= 0.6 is 8.25 Å². The molecule has 0 saturated heterocycles. The zero-order valence-corrected chi connectivity index (χ0v) is 18.8. The van der Waals surface area contributed by atoms with Crippen molar-refractivity contribution in [1.82, 2.24) is 0 Å². The van der Waals surface area contributed by atoms with Gasteiger partial charge in [0.2, 0.25) is 0 Å². The first-order chi connectivity index (χ1) is 12.3. The van der Waals surface area contributed by atoms with Gasteiger partial charge in [-0.3, -0.25) is 4.52 Å². The van der Waals surface area contributed by atoms with Crippen LogP contribution in [-0.2, 0) is 19.9 Å². The molecule has 1 unspecified atom stereocenters. The minimum Gasteiger partial charge on any atom is -0.426 e. The maximum atomic E-state index is 12.0. The highest BCUT2D eigenvalue weighted by Gasteiger charge is 2.24. The van der Waals surface area contributed by atoms with E-state index in [-0.39, 0.29) is 10.8 Å². The van der Waals surface area contributed by atoms with Gasteiger partial charge in [-0.05, 0) is 55.0 Å². The Labute approximate surface area is 165 Å². The van der Waals surface area contributed by atoms with Gasteiger partial charge in [-0.2, -0.15) is 0 Å². The van der Waals surface area contributed by atoms with Crippen molar-refractivity contribution in [2.75, 3.05) is 0 Å². The molecule has 4 heteroatoms. The maximum absolute atomic E-state index is 12.0. The molecule has 0 amide bonds. The SMILES string of the molecule is CC(C)(C)O[PH](=O)Oc1ccc(C(C)(C)c2ccc(C(C)(C)C)cc2)cc1. The van der Waals surface area contributed by atoms with E-state index < -0.39 is 13.9 Å². The van der Waals surface area contributed by atoms with Crippen molar-refractivity contribution < 1.29 is 13.6 Å². The average molecular weight is 388 g/mol. The van der Waals surface area contributed by atoms with Gasteiger partial charge >= 0.3 is 8.25 Å². The third kappa shape index (κ3) is 5.96. The van der Waals surface area contributed by atoms with Crippen molar-refractivity contribution in [2.24, 2.45) is 0 Å². The van der Waals surface area contributed by atoms with Crippen LogP contribution in [0.15, 0.2) is 48.5 Å². The first-order valence-corrected chi connectivity index (χ1v) is 10.6. The summed E-state index contributed by atoms with van der Waals surface area (Å²) in [6.45, 7) is 16.7. The van der Waals surface area contributed by atoms with E-state index in [1.54, 1.807) is 0 Å². The Hall–Kier alpha value is -1.57. The monoisotopic (exact) mass is 388 g/mol. The van der Waals surface area contributed by atoms with Crippen molar-refractivity contribution in [3.8, 4) is 5.75 Å². The Morgan fingerprint density at radius 3 is 1.48 bits per heavy atom. The van der Waals surface area contributed by atoms with Crippen molar-refractivity contribution in [2.45, 2.75) is 71.8 Å². The molecular weight excluding hydrogens is 355 g/mol. The largest absolute Gasteiger partial charge is 0.426 e. The van der Waals surface area contributed by atoms with Crippen molar-refractivity contribution in [3.63, 3.8) is 0 Å². The number of rotatable bonds is 5. The van der Waals surface area contributed by atoms with Gasteiger partial charge < -0.3 is 4.52 Å². The smallest absolute Gasteiger partial charge is 0.368 e. The molecule has 2 aromatic rings. The lowest BCUT2D eigenvalue weighted by atomic mass is 9.77. The van der Waals surface area contributed by atoms with Crippen molar-refractivity contribution in [3.05, 3.63) is 65.2 Å². The van der Waals surface area contributed by atoms with Crippen LogP contribution < -0.4 is 4.52 Å². The lowest BCUT2D eigenvalue weighted by Crippen LogP contribution is -2.19. The van der Waals surface area contributed by atoms with Gasteiger partial charge in [0.25, 0.3) is 0 Å². The molecule has 0 aliphatic carbocycles. The van der Waals surface area contributed by atoms with E-state index in [1.807, 2.05) is 45.0 Å². The third-order valence-electron chi connectivity index (χ3n) is 4.64. The highest BCUT2D eigenvalue weighted by molar-refractivity contribution is 7.33. The molecular formula is C23H33O3P. The van der Waals surface area contributed by atoms with Crippen LogP contribution in [0.3, 0.4) is 0 Å². The van der Waals surface area contributed by atoms with E-state index in [9.17, 15) is 4.57 Å². The summed E-state index contributed by atoms with van der Waals surface area (Å²) >= 11 is 0. The molecule has 0 fully saturated rings. The summed E-state index contributed by atoms with van der Waals surface area (Å²) in [6.07, 6.45) is 0. The normalized spacial score (nSPS) is 14.1. The molecule has 148 valence electrons. The van der Waals surface area contributed by atoms with E-state index in [0.717, 1.165) is 0 Å². The molecule has 2 aromatic carbocycles. The molecule has 0 aliphatic heterocycles. The molecule has 0 heterocycles.